The monoisotopic (exact) mass is 355 g/mol. The van der Waals surface area contributed by atoms with E-state index < -0.39 is 0 Å². The number of nitrogens with zero attached hydrogens (tertiary/aromatic N) is 2. The maximum absolute atomic E-state index is 6.68. The van der Waals surface area contributed by atoms with Gasteiger partial charge in [-0.1, -0.05) is 36.2 Å². The molecule has 1 heterocycles. The van der Waals surface area contributed by atoms with Gasteiger partial charge in [0.15, 0.2) is 0 Å². The van der Waals surface area contributed by atoms with E-state index in [0.717, 1.165) is 52.3 Å². The third kappa shape index (κ3) is 2.55. The highest BCUT2D eigenvalue weighted by molar-refractivity contribution is 6.30. The minimum absolute atomic E-state index is 0.680. The van der Waals surface area contributed by atoms with Gasteiger partial charge in [0, 0.05) is 18.2 Å². The fraction of sp³-hybridized carbons (Fsp3) is 0.571. The number of halogens is 1. The van der Waals surface area contributed by atoms with Crippen LogP contribution in [0.3, 0.4) is 0 Å². The van der Waals surface area contributed by atoms with Crippen molar-refractivity contribution in [3.05, 3.63) is 46.7 Å². The summed E-state index contributed by atoms with van der Waals surface area (Å²) in [6.07, 6.45) is 7.26. The summed E-state index contributed by atoms with van der Waals surface area (Å²) in [6, 6.07) is 10.8. The Morgan fingerprint density at radius 1 is 1.12 bits per heavy atom. The number of fused-ring (bicyclic) bond motifs is 5. The molecular formula is C21H26ClN3. The number of hydrogen-bond acceptors (Lipinski definition) is 2. The Morgan fingerprint density at radius 2 is 1.92 bits per heavy atom. The molecule has 1 N–H and O–H groups in total. The van der Waals surface area contributed by atoms with E-state index >= 15 is 0 Å². The second-order valence-electron chi connectivity index (χ2n) is 8.24. The predicted molar refractivity (Wildman–Crippen MR) is 101 cm³/mol. The van der Waals surface area contributed by atoms with Gasteiger partial charge in [-0.15, -0.1) is 0 Å². The molecule has 5 rings (SSSR count). The van der Waals surface area contributed by atoms with Gasteiger partial charge in [-0.3, -0.25) is 0 Å². The van der Waals surface area contributed by atoms with Gasteiger partial charge >= 0.3 is 0 Å². The molecule has 0 aliphatic heterocycles. The molecule has 1 aromatic heterocycles. The van der Waals surface area contributed by atoms with Gasteiger partial charge < -0.3 is 5.32 Å². The average molecular weight is 356 g/mol. The van der Waals surface area contributed by atoms with Crippen LogP contribution < -0.4 is 5.32 Å². The second-order valence-corrected chi connectivity index (χ2v) is 8.60. The molecule has 3 saturated carbocycles. The van der Waals surface area contributed by atoms with Crippen molar-refractivity contribution in [2.75, 3.05) is 0 Å². The lowest BCUT2D eigenvalue weighted by atomic mass is 9.79. The van der Waals surface area contributed by atoms with Crippen molar-refractivity contribution >= 4 is 11.6 Å². The van der Waals surface area contributed by atoms with E-state index in [4.69, 9.17) is 11.6 Å². The molecular weight excluding hydrogens is 330 g/mol. The SMILES string of the molecule is Cc1nn(-c2ccccc2)c(Cl)c1CN[C@@H]1C[C@@H]2C[C@H]1[C@@H]1CCC[C@H]21. The first-order chi connectivity index (χ1) is 12.2. The normalized spacial score (nSPS) is 33.1. The number of aryl methyl sites for hydroxylation is 1. The summed E-state index contributed by atoms with van der Waals surface area (Å²) >= 11 is 6.68. The van der Waals surface area contributed by atoms with Gasteiger partial charge in [-0.05, 0) is 68.4 Å². The Morgan fingerprint density at radius 3 is 2.76 bits per heavy atom. The molecule has 25 heavy (non-hydrogen) atoms. The molecule has 0 radical (unpaired) electrons. The molecule has 132 valence electrons. The molecule has 2 bridgehead atoms. The lowest BCUT2D eigenvalue weighted by Crippen LogP contribution is -2.39. The Bertz CT molecular complexity index is 769. The number of aromatic nitrogens is 2. The van der Waals surface area contributed by atoms with Crippen molar-refractivity contribution in [3.8, 4) is 5.69 Å². The van der Waals surface area contributed by atoms with E-state index in [2.05, 4.69) is 17.3 Å². The van der Waals surface area contributed by atoms with Gasteiger partial charge in [0.25, 0.3) is 0 Å². The Balaban J connectivity index is 1.32. The molecule has 0 amide bonds. The Hall–Kier alpha value is -1.32. The molecule has 3 fully saturated rings. The summed E-state index contributed by atoms with van der Waals surface area (Å²) in [5, 5.41) is 9.27. The zero-order valence-electron chi connectivity index (χ0n) is 14.8. The summed E-state index contributed by atoms with van der Waals surface area (Å²) < 4.78 is 1.86. The summed E-state index contributed by atoms with van der Waals surface area (Å²) in [4.78, 5) is 0. The van der Waals surface area contributed by atoms with Crippen LogP contribution in [0.25, 0.3) is 5.69 Å². The van der Waals surface area contributed by atoms with Crippen LogP contribution in [-0.2, 0) is 6.54 Å². The van der Waals surface area contributed by atoms with Crippen molar-refractivity contribution in [1.29, 1.82) is 0 Å². The van der Waals surface area contributed by atoms with Crippen molar-refractivity contribution in [2.24, 2.45) is 23.7 Å². The number of benzene rings is 1. The lowest BCUT2D eigenvalue weighted by Gasteiger charge is -2.32. The van der Waals surface area contributed by atoms with Crippen molar-refractivity contribution in [2.45, 2.75) is 51.6 Å². The molecule has 4 heteroatoms. The van der Waals surface area contributed by atoms with Crippen molar-refractivity contribution in [1.82, 2.24) is 15.1 Å². The fourth-order valence-corrected chi connectivity index (χ4v) is 6.35. The van der Waals surface area contributed by atoms with Gasteiger partial charge in [-0.25, -0.2) is 4.68 Å². The number of nitrogens with one attached hydrogen (secondary N) is 1. The third-order valence-corrected chi connectivity index (χ3v) is 7.48. The van der Waals surface area contributed by atoms with Crippen LogP contribution in [0.4, 0.5) is 0 Å². The molecule has 1 aromatic carbocycles. The van der Waals surface area contributed by atoms with Crippen molar-refractivity contribution < 1.29 is 0 Å². The summed E-state index contributed by atoms with van der Waals surface area (Å²) in [5.41, 5.74) is 3.20. The third-order valence-electron chi connectivity index (χ3n) is 7.09. The quantitative estimate of drug-likeness (QED) is 0.857. The predicted octanol–water partition coefficient (Wildman–Crippen LogP) is 4.75. The Labute approximate surface area is 154 Å². The van der Waals surface area contributed by atoms with E-state index in [1.165, 1.54) is 32.1 Å². The van der Waals surface area contributed by atoms with Crippen LogP contribution in [0.1, 0.15) is 43.4 Å². The molecule has 3 nitrogen and oxygen atoms in total. The fourth-order valence-electron chi connectivity index (χ4n) is 6.01. The van der Waals surface area contributed by atoms with Gasteiger partial charge in [0.1, 0.15) is 5.15 Å². The molecule has 2 aromatic rings. The van der Waals surface area contributed by atoms with E-state index in [0.29, 0.717) is 6.04 Å². The maximum atomic E-state index is 6.68. The number of hydrogen-bond donors (Lipinski definition) is 1. The minimum Gasteiger partial charge on any atom is -0.309 e. The van der Waals surface area contributed by atoms with Crippen LogP contribution in [0, 0.1) is 30.6 Å². The smallest absolute Gasteiger partial charge is 0.137 e. The van der Waals surface area contributed by atoms with Gasteiger partial charge in [0.05, 0.1) is 11.4 Å². The van der Waals surface area contributed by atoms with Gasteiger partial charge in [-0.2, -0.15) is 5.10 Å². The van der Waals surface area contributed by atoms with Crippen LogP contribution in [0.2, 0.25) is 5.15 Å². The molecule has 0 saturated heterocycles. The molecule has 3 aliphatic rings. The summed E-state index contributed by atoms with van der Waals surface area (Å²) in [6.45, 7) is 2.90. The topological polar surface area (TPSA) is 29.9 Å². The van der Waals surface area contributed by atoms with Crippen LogP contribution in [0.15, 0.2) is 30.3 Å². The van der Waals surface area contributed by atoms with Gasteiger partial charge in [0.2, 0.25) is 0 Å². The highest BCUT2D eigenvalue weighted by Gasteiger charge is 2.53. The molecule has 0 unspecified atom stereocenters. The Kier molecular flexibility index (Phi) is 3.90. The largest absolute Gasteiger partial charge is 0.309 e. The van der Waals surface area contributed by atoms with E-state index in [1.54, 1.807) is 0 Å². The zero-order valence-corrected chi connectivity index (χ0v) is 15.5. The number of rotatable bonds is 4. The lowest BCUT2D eigenvalue weighted by molar-refractivity contribution is 0.208. The maximum Gasteiger partial charge on any atom is 0.137 e. The van der Waals surface area contributed by atoms with E-state index in [9.17, 15) is 0 Å². The first-order valence-corrected chi connectivity index (χ1v) is 10.1. The second kappa shape index (κ2) is 6.14. The van der Waals surface area contributed by atoms with Crippen LogP contribution in [-0.4, -0.2) is 15.8 Å². The summed E-state index contributed by atoms with van der Waals surface area (Å²) in [5.74, 6) is 3.94. The standard InChI is InChI=1S/C21H26ClN3/c1-13-19(21(22)25(24-13)15-6-3-2-4-7-15)12-23-20-11-14-10-18(20)17-9-5-8-16(14)17/h2-4,6-7,14,16-18,20,23H,5,8-12H2,1H3/t14-,16+,17+,18-,20+/m0/s1. The number of para-hydroxylation sites is 1. The average Bonchev–Trinajstić information content (AvgIpc) is 3.36. The van der Waals surface area contributed by atoms with E-state index in [-0.39, 0.29) is 0 Å². The highest BCUT2D eigenvalue weighted by Crippen LogP contribution is 2.58. The van der Waals surface area contributed by atoms with Crippen LogP contribution >= 0.6 is 11.6 Å². The summed E-state index contributed by atoms with van der Waals surface area (Å²) in [7, 11) is 0. The first kappa shape index (κ1) is 15.9. The first-order valence-electron chi connectivity index (χ1n) is 9.75. The van der Waals surface area contributed by atoms with Crippen LogP contribution in [0.5, 0.6) is 0 Å². The molecule has 5 atom stereocenters. The molecule has 0 spiro atoms. The highest BCUT2D eigenvalue weighted by atomic mass is 35.5. The zero-order chi connectivity index (χ0) is 17.0. The minimum atomic E-state index is 0.680. The van der Waals surface area contributed by atoms with E-state index in [1.807, 2.05) is 35.0 Å². The molecule has 3 aliphatic carbocycles. The van der Waals surface area contributed by atoms with Crippen molar-refractivity contribution in [3.63, 3.8) is 0 Å².